The van der Waals surface area contributed by atoms with Gasteiger partial charge < -0.3 is 10.1 Å². The van der Waals surface area contributed by atoms with E-state index in [0.717, 1.165) is 28.9 Å². The van der Waals surface area contributed by atoms with Gasteiger partial charge >= 0.3 is 5.97 Å². The van der Waals surface area contributed by atoms with E-state index in [2.05, 4.69) is 24.1 Å². The van der Waals surface area contributed by atoms with Crippen molar-refractivity contribution in [1.82, 2.24) is 10.3 Å². The molecule has 2 aliphatic rings. The summed E-state index contributed by atoms with van der Waals surface area (Å²) in [4.78, 5) is 30.7. The Morgan fingerprint density at radius 2 is 1.94 bits per heavy atom. The maximum atomic E-state index is 13.2. The van der Waals surface area contributed by atoms with Crippen molar-refractivity contribution in [2.75, 3.05) is 6.61 Å². The van der Waals surface area contributed by atoms with Gasteiger partial charge in [0.1, 0.15) is 0 Å². The summed E-state index contributed by atoms with van der Waals surface area (Å²) in [6.45, 7) is 6.36. The van der Waals surface area contributed by atoms with Crippen LogP contribution >= 0.6 is 0 Å². The van der Waals surface area contributed by atoms with E-state index in [1.807, 2.05) is 49.4 Å². The van der Waals surface area contributed by atoms with Crippen molar-refractivity contribution in [1.29, 1.82) is 0 Å². The highest BCUT2D eigenvalue weighted by atomic mass is 16.5. The second kappa shape index (κ2) is 8.50. The van der Waals surface area contributed by atoms with Crippen LogP contribution in [0.15, 0.2) is 77.4 Å². The summed E-state index contributed by atoms with van der Waals surface area (Å²) in [6.07, 6.45) is 5.29. The molecule has 0 saturated carbocycles. The van der Waals surface area contributed by atoms with Crippen LogP contribution in [0.1, 0.15) is 50.7 Å². The molecule has 1 aromatic carbocycles. The predicted molar refractivity (Wildman–Crippen MR) is 119 cm³/mol. The zero-order valence-corrected chi connectivity index (χ0v) is 18.3. The maximum Gasteiger partial charge on any atom is 0.336 e. The molecule has 1 aliphatic carbocycles. The number of esters is 1. The first-order valence-electron chi connectivity index (χ1n) is 10.7. The van der Waals surface area contributed by atoms with Crippen LogP contribution in [-0.4, -0.2) is 23.3 Å². The Morgan fingerprint density at radius 1 is 1.16 bits per heavy atom. The van der Waals surface area contributed by atoms with Gasteiger partial charge in [-0.15, -0.1) is 0 Å². The van der Waals surface area contributed by atoms with Gasteiger partial charge in [-0.3, -0.25) is 9.78 Å². The number of carbonyl (C=O) groups is 2. The SMILES string of the molecule is CC1=C(C(=O)OCCc2ccccc2)[C@@H](c2cccnc2)C2=C(CC(C)(C)CC2=O)N1. The smallest absolute Gasteiger partial charge is 0.336 e. The molecular formula is C26H28N2O3. The van der Waals surface area contributed by atoms with E-state index < -0.39 is 5.92 Å². The van der Waals surface area contributed by atoms with Crippen LogP contribution in [0, 0.1) is 5.41 Å². The van der Waals surface area contributed by atoms with E-state index in [0.29, 0.717) is 24.0 Å². The van der Waals surface area contributed by atoms with Gasteiger partial charge in [0.2, 0.25) is 0 Å². The quantitative estimate of drug-likeness (QED) is 0.729. The molecule has 0 fully saturated rings. The van der Waals surface area contributed by atoms with Crippen LogP contribution in [0.25, 0.3) is 0 Å². The van der Waals surface area contributed by atoms with E-state index in [-0.39, 0.29) is 23.8 Å². The van der Waals surface area contributed by atoms with Crippen LogP contribution < -0.4 is 5.32 Å². The Morgan fingerprint density at radius 3 is 2.65 bits per heavy atom. The number of benzene rings is 1. The molecule has 0 unspecified atom stereocenters. The molecule has 5 nitrogen and oxygen atoms in total. The van der Waals surface area contributed by atoms with E-state index >= 15 is 0 Å². The molecule has 1 aromatic heterocycles. The van der Waals surface area contributed by atoms with Crippen LogP contribution in [0.5, 0.6) is 0 Å². The molecule has 0 bridgehead atoms. The first kappa shape index (κ1) is 21.0. The number of ketones is 1. The Bertz CT molecular complexity index is 1050. The van der Waals surface area contributed by atoms with Crippen molar-refractivity contribution in [2.45, 2.75) is 46.0 Å². The van der Waals surface area contributed by atoms with Gasteiger partial charge in [0, 0.05) is 48.1 Å². The van der Waals surface area contributed by atoms with Gasteiger partial charge in [0.25, 0.3) is 0 Å². The molecule has 160 valence electrons. The number of allylic oxidation sites excluding steroid dienone is 3. The molecule has 0 spiro atoms. The number of Topliss-reactive ketones (excluding diaryl/α,β-unsaturated/α-hetero) is 1. The van der Waals surface area contributed by atoms with Gasteiger partial charge in [0.15, 0.2) is 5.78 Å². The number of carbonyl (C=O) groups excluding carboxylic acids is 2. The minimum absolute atomic E-state index is 0.0784. The predicted octanol–water partition coefficient (Wildman–Crippen LogP) is 4.47. The fourth-order valence-corrected chi connectivity index (χ4v) is 4.57. The maximum absolute atomic E-state index is 13.2. The first-order valence-corrected chi connectivity index (χ1v) is 10.7. The molecule has 31 heavy (non-hydrogen) atoms. The fourth-order valence-electron chi connectivity index (χ4n) is 4.57. The van der Waals surface area contributed by atoms with Crippen molar-refractivity contribution in [3.63, 3.8) is 0 Å². The third-order valence-corrected chi connectivity index (χ3v) is 5.94. The highest BCUT2D eigenvalue weighted by molar-refractivity contribution is 6.04. The van der Waals surface area contributed by atoms with Gasteiger partial charge in [-0.05, 0) is 36.0 Å². The number of aromatic nitrogens is 1. The Labute approximate surface area is 183 Å². The minimum Gasteiger partial charge on any atom is -0.462 e. The number of hydrogen-bond acceptors (Lipinski definition) is 5. The van der Waals surface area contributed by atoms with E-state index in [4.69, 9.17) is 4.74 Å². The number of nitrogens with one attached hydrogen (secondary N) is 1. The van der Waals surface area contributed by atoms with Crippen LogP contribution in [-0.2, 0) is 20.7 Å². The normalized spacial score (nSPS) is 20.2. The molecule has 0 radical (unpaired) electrons. The summed E-state index contributed by atoms with van der Waals surface area (Å²) < 4.78 is 5.67. The average molecular weight is 417 g/mol. The number of pyridine rings is 1. The lowest BCUT2D eigenvalue weighted by Gasteiger charge is -2.39. The molecule has 2 aromatic rings. The number of dihydropyridines is 1. The zero-order valence-electron chi connectivity index (χ0n) is 18.3. The second-order valence-electron chi connectivity index (χ2n) is 9.09. The Kier molecular flexibility index (Phi) is 5.77. The molecule has 0 amide bonds. The molecule has 1 atom stereocenters. The summed E-state index contributed by atoms with van der Waals surface area (Å²) in [6, 6.07) is 13.7. The highest BCUT2D eigenvalue weighted by Crippen LogP contribution is 2.46. The largest absolute Gasteiger partial charge is 0.462 e. The van der Waals surface area contributed by atoms with Crippen molar-refractivity contribution >= 4 is 11.8 Å². The van der Waals surface area contributed by atoms with E-state index in [1.165, 1.54) is 0 Å². The second-order valence-corrected chi connectivity index (χ2v) is 9.09. The van der Waals surface area contributed by atoms with Crippen LogP contribution in [0.4, 0.5) is 0 Å². The van der Waals surface area contributed by atoms with Gasteiger partial charge in [-0.2, -0.15) is 0 Å². The lowest BCUT2D eigenvalue weighted by atomic mass is 9.69. The number of ether oxygens (including phenoxy) is 1. The number of rotatable bonds is 5. The third kappa shape index (κ3) is 4.46. The molecular weight excluding hydrogens is 388 g/mol. The summed E-state index contributed by atoms with van der Waals surface area (Å²) in [5, 5.41) is 3.36. The van der Waals surface area contributed by atoms with Gasteiger partial charge in [-0.25, -0.2) is 4.79 Å². The Balaban J connectivity index is 1.64. The lowest BCUT2D eigenvalue weighted by Crippen LogP contribution is -2.38. The topological polar surface area (TPSA) is 68.3 Å². The lowest BCUT2D eigenvalue weighted by molar-refractivity contribution is -0.139. The van der Waals surface area contributed by atoms with Crippen molar-refractivity contribution in [2.24, 2.45) is 5.41 Å². The summed E-state index contributed by atoms with van der Waals surface area (Å²) in [5.41, 5.74) is 4.65. The van der Waals surface area contributed by atoms with Crippen molar-refractivity contribution in [3.05, 3.63) is 88.5 Å². The summed E-state index contributed by atoms with van der Waals surface area (Å²) in [7, 11) is 0. The average Bonchev–Trinajstić information content (AvgIpc) is 2.73. The standard InChI is InChI=1S/C26H28N2O3/c1-17-22(25(30)31-13-11-18-8-5-4-6-9-18)23(19-10-7-12-27-16-19)24-20(28-17)14-26(2,3)15-21(24)29/h4-10,12,16,23,28H,11,13-15H2,1-3H3/t23-/m1/s1. The van der Waals surface area contributed by atoms with Gasteiger partial charge in [0.05, 0.1) is 12.2 Å². The summed E-state index contributed by atoms with van der Waals surface area (Å²) in [5.74, 6) is -0.772. The van der Waals surface area contributed by atoms with Crippen LogP contribution in [0.3, 0.4) is 0 Å². The van der Waals surface area contributed by atoms with Crippen molar-refractivity contribution < 1.29 is 14.3 Å². The van der Waals surface area contributed by atoms with Crippen molar-refractivity contribution in [3.8, 4) is 0 Å². The zero-order chi connectivity index (χ0) is 22.0. The number of nitrogens with zero attached hydrogens (tertiary/aromatic N) is 1. The molecule has 1 N–H and O–H groups in total. The highest BCUT2D eigenvalue weighted by Gasteiger charge is 2.43. The summed E-state index contributed by atoms with van der Waals surface area (Å²) >= 11 is 0. The van der Waals surface area contributed by atoms with E-state index in [1.54, 1.807) is 12.4 Å². The molecule has 4 rings (SSSR count). The molecule has 2 heterocycles. The fraction of sp³-hybridized carbons (Fsp3) is 0.346. The van der Waals surface area contributed by atoms with Gasteiger partial charge in [-0.1, -0.05) is 50.2 Å². The molecule has 5 heteroatoms. The molecule has 1 aliphatic heterocycles. The monoisotopic (exact) mass is 416 g/mol. The third-order valence-electron chi connectivity index (χ3n) is 5.94. The molecule has 0 saturated heterocycles. The Hall–Kier alpha value is -3.21. The van der Waals surface area contributed by atoms with Crippen LogP contribution in [0.2, 0.25) is 0 Å². The first-order chi connectivity index (χ1) is 14.9. The minimum atomic E-state index is -0.460. The number of hydrogen-bond donors (Lipinski definition) is 1. The van der Waals surface area contributed by atoms with E-state index in [9.17, 15) is 9.59 Å².